The highest BCUT2D eigenvalue weighted by atomic mass is 15.1. The molecule has 1 heterocycles. The van der Waals surface area contributed by atoms with Crippen LogP contribution in [0.15, 0.2) is 30.5 Å². The van der Waals surface area contributed by atoms with Gasteiger partial charge >= 0.3 is 0 Å². The SMILES string of the molecule is CC(C)C(C)Nc1cnnc2ccccc12. The Bertz CT molecular complexity index is 474. The lowest BCUT2D eigenvalue weighted by Crippen LogP contribution is -2.21. The molecule has 0 radical (unpaired) electrons. The van der Waals surface area contributed by atoms with Crippen LogP contribution in [0.3, 0.4) is 0 Å². The van der Waals surface area contributed by atoms with Gasteiger partial charge in [0.1, 0.15) is 0 Å². The lowest BCUT2D eigenvalue weighted by Gasteiger charge is -2.19. The molecule has 0 aliphatic rings. The first-order chi connectivity index (χ1) is 7.68. The summed E-state index contributed by atoms with van der Waals surface area (Å²) in [7, 11) is 0. The van der Waals surface area contributed by atoms with Crippen LogP contribution in [-0.4, -0.2) is 16.2 Å². The molecule has 3 heteroatoms. The van der Waals surface area contributed by atoms with Crippen LogP contribution < -0.4 is 5.32 Å². The summed E-state index contributed by atoms with van der Waals surface area (Å²) in [6, 6.07) is 8.47. The van der Waals surface area contributed by atoms with Crippen LogP contribution in [0.5, 0.6) is 0 Å². The molecule has 3 nitrogen and oxygen atoms in total. The summed E-state index contributed by atoms with van der Waals surface area (Å²) >= 11 is 0. The van der Waals surface area contributed by atoms with Crippen molar-refractivity contribution in [3.63, 3.8) is 0 Å². The molecule has 1 atom stereocenters. The highest BCUT2D eigenvalue weighted by molar-refractivity contribution is 5.90. The van der Waals surface area contributed by atoms with E-state index >= 15 is 0 Å². The van der Waals surface area contributed by atoms with Gasteiger partial charge in [0.15, 0.2) is 0 Å². The molecule has 0 fully saturated rings. The average molecular weight is 215 g/mol. The van der Waals surface area contributed by atoms with E-state index in [1.807, 2.05) is 18.2 Å². The zero-order valence-electron chi connectivity index (χ0n) is 9.94. The molecule has 1 aromatic heterocycles. The number of nitrogens with one attached hydrogen (secondary N) is 1. The largest absolute Gasteiger partial charge is 0.380 e. The van der Waals surface area contributed by atoms with E-state index in [-0.39, 0.29) is 0 Å². The molecular weight excluding hydrogens is 198 g/mol. The second-order valence-corrected chi connectivity index (χ2v) is 4.45. The first-order valence-electron chi connectivity index (χ1n) is 5.65. The summed E-state index contributed by atoms with van der Waals surface area (Å²) in [6.45, 7) is 6.59. The highest BCUT2D eigenvalue weighted by Gasteiger charge is 2.09. The van der Waals surface area contributed by atoms with Crippen LogP contribution in [0, 0.1) is 5.92 Å². The Kier molecular flexibility index (Phi) is 3.04. The van der Waals surface area contributed by atoms with Crippen LogP contribution >= 0.6 is 0 Å². The maximum atomic E-state index is 4.10. The monoisotopic (exact) mass is 215 g/mol. The molecule has 0 spiro atoms. The standard InChI is InChI=1S/C13H17N3/c1-9(2)10(3)15-13-8-14-16-12-7-5-4-6-11(12)13/h4-10H,1-3H3,(H,15,16). The Hall–Kier alpha value is -1.64. The van der Waals surface area contributed by atoms with Crippen molar-refractivity contribution in [2.75, 3.05) is 5.32 Å². The van der Waals surface area contributed by atoms with Gasteiger partial charge in [0.05, 0.1) is 17.4 Å². The van der Waals surface area contributed by atoms with Gasteiger partial charge < -0.3 is 5.32 Å². The molecule has 16 heavy (non-hydrogen) atoms. The molecule has 1 unspecified atom stereocenters. The van der Waals surface area contributed by atoms with Gasteiger partial charge in [-0.2, -0.15) is 10.2 Å². The first kappa shape index (κ1) is 10.9. The summed E-state index contributed by atoms with van der Waals surface area (Å²) in [6.07, 6.45) is 1.79. The molecule has 2 aromatic rings. The molecule has 0 amide bonds. The van der Waals surface area contributed by atoms with Crippen molar-refractivity contribution < 1.29 is 0 Å². The van der Waals surface area contributed by atoms with Gasteiger partial charge in [0.2, 0.25) is 0 Å². The molecule has 1 N–H and O–H groups in total. The topological polar surface area (TPSA) is 37.8 Å². The van der Waals surface area contributed by atoms with Gasteiger partial charge in [-0.05, 0) is 18.9 Å². The first-order valence-corrected chi connectivity index (χ1v) is 5.65. The van der Waals surface area contributed by atoms with E-state index in [9.17, 15) is 0 Å². The predicted molar refractivity (Wildman–Crippen MR) is 67.5 cm³/mol. The second kappa shape index (κ2) is 4.47. The van der Waals surface area contributed by atoms with Crippen molar-refractivity contribution >= 4 is 16.6 Å². The van der Waals surface area contributed by atoms with Gasteiger partial charge in [0.25, 0.3) is 0 Å². The molecule has 0 bridgehead atoms. The van der Waals surface area contributed by atoms with Crippen LogP contribution in [0.4, 0.5) is 5.69 Å². The number of benzene rings is 1. The Balaban J connectivity index is 2.37. The number of rotatable bonds is 3. The zero-order valence-corrected chi connectivity index (χ0v) is 9.94. The number of hydrogen-bond acceptors (Lipinski definition) is 3. The van der Waals surface area contributed by atoms with Crippen molar-refractivity contribution in [1.82, 2.24) is 10.2 Å². The molecule has 0 saturated carbocycles. The normalized spacial score (nSPS) is 13.0. The fraction of sp³-hybridized carbons (Fsp3) is 0.385. The summed E-state index contributed by atoms with van der Waals surface area (Å²) < 4.78 is 0. The fourth-order valence-corrected chi connectivity index (χ4v) is 1.53. The van der Waals surface area contributed by atoms with Crippen LogP contribution in [-0.2, 0) is 0 Å². The minimum Gasteiger partial charge on any atom is -0.380 e. The highest BCUT2D eigenvalue weighted by Crippen LogP contribution is 2.21. The third-order valence-electron chi connectivity index (χ3n) is 2.93. The minimum absolute atomic E-state index is 0.424. The van der Waals surface area contributed by atoms with E-state index in [0.717, 1.165) is 16.6 Å². The van der Waals surface area contributed by atoms with Gasteiger partial charge in [-0.15, -0.1) is 0 Å². The lowest BCUT2D eigenvalue weighted by molar-refractivity contribution is 0.560. The number of nitrogens with zero attached hydrogens (tertiary/aromatic N) is 2. The molecule has 0 aliphatic carbocycles. The van der Waals surface area contributed by atoms with Gasteiger partial charge in [-0.1, -0.05) is 32.0 Å². The summed E-state index contributed by atoms with van der Waals surface area (Å²) in [5.74, 6) is 0.590. The minimum atomic E-state index is 0.424. The molecule has 84 valence electrons. The maximum Gasteiger partial charge on any atom is 0.0950 e. The molecular formula is C13H17N3. The van der Waals surface area contributed by atoms with Crippen molar-refractivity contribution in [2.45, 2.75) is 26.8 Å². The Morgan fingerprint density at radius 1 is 1.12 bits per heavy atom. The molecule has 0 saturated heterocycles. The third kappa shape index (κ3) is 2.13. The van der Waals surface area contributed by atoms with Crippen molar-refractivity contribution in [2.24, 2.45) is 5.92 Å². The Labute approximate surface area is 95.9 Å². The summed E-state index contributed by atoms with van der Waals surface area (Å²) in [4.78, 5) is 0. The van der Waals surface area contributed by atoms with E-state index in [1.54, 1.807) is 6.20 Å². The van der Waals surface area contributed by atoms with Gasteiger partial charge in [-0.25, -0.2) is 0 Å². The predicted octanol–water partition coefficient (Wildman–Crippen LogP) is 3.09. The molecule has 1 aromatic carbocycles. The zero-order chi connectivity index (χ0) is 11.5. The second-order valence-electron chi connectivity index (χ2n) is 4.45. The smallest absolute Gasteiger partial charge is 0.0950 e. The maximum absolute atomic E-state index is 4.10. The van der Waals surface area contributed by atoms with Crippen LogP contribution in [0.1, 0.15) is 20.8 Å². The lowest BCUT2D eigenvalue weighted by atomic mass is 10.1. The number of anilines is 1. The third-order valence-corrected chi connectivity index (χ3v) is 2.93. The molecule has 0 aliphatic heterocycles. The van der Waals surface area contributed by atoms with E-state index in [0.29, 0.717) is 12.0 Å². The van der Waals surface area contributed by atoms with E-state index in [4.69, 9.17) is 0 Å². The van der Waals surface area contributed by atoms with Gasteiger partial charge in [0, 0.05) is 11.4 Å². The van der Waals surface area contributed by atoms with Crippen molar-refractivity contribution in [3.05, 3.63) is 30.5 Å². The summed E-state index contributed by atoms with van der Waals surface area (Å²) in [5, 5.41) is 12.7. The quantitative estimate of drug-likeness (QED) is 0.855. The average Bonchev–Trinajstić information content (AvgIpc) is 2.29. The van der Waals surface area contributed by atoms with Crippen LogP contribution in [0.25, 0.3) is 10.9 Å². The van der Waals surface area contributed by atoms with Gasteiger partial charge in [-0.3, -0.25) is 0 Å². The summed E-state index contributed by atoms with van der Waals surface area (Å²) in [5.41, 5.74) is 2.00. The number of aromatic nitrogens is 2. The fourth-order valence-electron chi connectivity index (χ4n) is 1.53. The van der Waals surface area contributed by atoms with Crippen molar-refractivity contribution in [1.29, 1.82) is 0 Å². The molecule has 2 rings (SSSR count). The Morgan fingerprint density at radius 3 is 2.62 bits per heavy atom. The van der Waals surface area contributed by atoms with E-state index in [2.05, 4.69) is 42.4 Å². The van der Waals surface area contributed by atoms with E-state index < -0.39 is 0 Å². The number of fused-ring (bicyclic) bond motifs is 1. The van der Waals surface area contributed by atoms with Crippen LogP contribution in [0.2, 0.25) is 0 Å². The Morgan fingerprint density at radius 2 is 1.88 bits per heavy atom. The van der Waals surface area contributed by atoms with E-state index in [1.165, 1.54) is 0 Å². The van der Waals surface area contributed by atoms with Crippen molar-refractivity contribution in [3.8, 4) is 0 Å². The number of hydrogen-bond donors (Lipinski definition) is 1.